The molecule has 0 rings (SSSR count). The molecule has 0 saturated carbocycles. The van der Waals surface area contributed by atoms with E-state index in [1.54, 1.807) is 0 Å². The van der Waals surface area contributed by atoms with E-state index in [0.29, 0.717) is 0 Å². The van der Waals surface area contributed by atoms with Crippen molar-refractivity contribution in [3.05, 3.63) is 0 Å². The van der Waals surface area contributed by atoms with E-state index >= 15 is 0 Å². The Labute approximate surface area is 107 Å². The van der Waals surface area contributed by atoms with Gasteiger partial charge in [-0.15, -0.1) is 44.8 Å². The van der Waals surface area contributed by atoms with Crippen LogP contribution in [-0.4, -0.2) is 11.9 Å². The van der Waals surface area contributed by atoms with E-state index in [1.165, 1.54) is 32.1 Å². The van der Waals surface area contributed by atoms with Crippen molar-refractivity contribution in [3.63, 3.8) is 0 Å². The normalized spacial score (nSPS) is 12.0. The maximum atomic E-state index is 5.77. The van der Waals surface area contributed by atoms with E-state index in [-0.39, 0.29) is 0 Å². The van der Waals surface area contributed by atoms with Crippen LogP contribution < -0.4 is 0 Å². The summed E-state index contributed by atoms with van der Waals surface area (Å²) < 4.78 is 0. The van der Waals surface area contributed by atoms with Crippen molar-refractivity contribution in [1.29, 1.82) is 0 Å². The molecular formula is C9H18Cl4Si. The highest BCUT2D eigenvalue weighted by molar-refractivity contribution is 7.64. The van der Waals surface area contributed by atoms with Gasteiger partial charge in [-0.2, -0.15) is 0 Å². The first-order valence-corrected chi connectivity index (χ1v) is 11.0. The molecule has 0 heterocycles. The molecule has 0 aromatic carbocycles. The topological polar surface area (TPSA) is 0 Å². The van der Waals surface area contributed by atoms with Gasteiger partial charge in [0.05, 0.1) is 0 Å². The van der Waals surface area contributed by atoms with E-state index in [0.717, 1.165) is 24.8 Å². The molecule has 86 valence electrons. The van der Waals surface area contributed by atoms with Gasteiger partial charge in [0, 0.05) is 5.88 Å². The molecule has 0 aromatic heterocycles. The first kappa shape index (κ1) is 15.4. The van der Waals surface area contributed by atoms with Gasteiger partial charge in [-0.05, 0) is 12.5 Å². The van der Waals surface area contributed by atoms with Gasteiger partial charge in [0.2, 0.25) is 0 Å². The van der Waals surface area contributed by atoms with Gasteiger partial charge in [0.25, 0.3) is 0 Å². The Balaban J connectivity index is 2.99. The van der Waals surface area contributed by atoms with Crippen LogP contribution in [0.1, 0.15) is 44.9 Å². The maximum Gasteiger partial charge on any atom is 0.341 e. The molecule has 0 radical (unpaired) electrons. The van der Waals surface area contributed by atoms with Crippen molar-refractivity contribution >= 4 is 50.8 Å². The zero-order chi connectivity index (χ0) is 10.9. The minimum absolute atomic E-state index is 0.791. The SMILES string of the molecule is ClCCCCCCCCC[Si](Cl)(Cl)Cl. The molecule has 0 nitrogen and oxygen atoms in total. The molecular weight excluding hydrogens is 278 g/mol. The van der Waals surface area contributed by atoms with Crippen LogP contribution in [0.4, 0.5) is 0 Å². The van der Waals surface area contributed by atoms with Crippen molar-refractivity contribution < 1.29 is 0 Å². The Morgan fingerprint density at radius 3 is 1.50 bits per heavy atom. The Hall–Kier alpha value is 1.38. The monoisotopic (exact) mass is 294 g/mol. The predicted molar refractivity (Wildman–Crippen MR) is 71.2 cm³/mol. The van der Waals surface area contributed by atoms with Crippen LogP contribution in [0, 0.1) is 0 Å². The van der Waals surface area contributed by atoms with Crippen molar-refractivity contribution in [2.75, 3.05) is 5.88 Å². The molecule has 0 fully saturated rings. The van der Waals surface area contributed by atoms with E-state index < -0.39 is 6.00 Å². The molecule has 0 N–H and O–H groups in total. The second-order valence-corrected chi connectivity index (χ2v) is 13.2. The third-order valence-corrected chi connectivity index (χ3v) is 4.98. The fourth-order valence-corrected chi connectivity index (χ4v) is 3.35. The number of hydrogen-bond donors (Lipinski definition) is 0. The molecule has 14 heavy (non-hydrogen) atoms. The van der Waals surface area contributed by atoms with E-state index in [9.17, 15) is 0 Å². The molecule has 0 amide bonds. The zero-order valence-electron chi connectivity index (χ0n) is 8.38. The van der Waals surface area contributed by atoms with Gasteiger partial charge in [-0.3, -0.25) is 0 Å². The fraction of sp³-hybridized carbons (Fsp3) is 1.00. The zero-order valence-corrected chi connectivity index (χ0v) is 12.4. The Kier molecular flexibility index (Phi) is 10.5. The molecule has 0 atom stereocenters. The van der Waals surface area contributed by atoms with Crippen LogP contribution in [0.15, 0.2) is 0 Å². The lowest BCUT2D eigenvalue weighted by molar-refractivity contribution is 0.602. The molecule has 0 saturated heterocycles. The summed E-state index contributed by atoms with van der Waals surface area (Å²) in [6, 6.07) is -1.53. The quantitative estimate of drug-likeness (QED) is 0.224. The molecule has 0 aliphatic rings. The molecule has 0 unspecified atom stereocenters. The van der Waals surface area contributed by atoms with Crippen molar-refractivity contribution in [1.82, 2.24) is 0 Å². The van der Waals surface area contributed by atoms with Crippen LogP contribution in [0.3, 0.4) is 0 Å². The summed E-state index contributed by atoms with van der Waals surface area (Å²) in [5.41, 5.74) is 0. The molecule has 0 spiro atoms. The molecule has 0 bridgehead atoms. The Morgan fingerprint density at radius 1 is 0.643 bits per heavy atom. The number of hydrogen-bond acceptors (Lipinski definition) is 0. The first-order valence-electron chi connectivity index (χ1n) is 5.19. The smallest absolute Gasteiger partial charge is 0.127 e. The van der Waals surface area contributed by atoms with Gasteiger partial charge in [0.15, 0.2) is 0 Å². The highest BCUT2D eigenvalue weighted by Gasteiger charge is 2.23. The van der Waals surface area contributed by atoms with Crippen LogP contribution in [0.2, 0.25) is 6.04 Å². The number of halogens is 4. The summed E-state index contributed by atoms with van der Waals surface area (Å²) in [5.74, 6) is 0.791. The van der Waals surface area contributed by atoms with Crippen LogP contribution in [-0.2, 0) is 0 Å². The van der Waals surface area contributed by atoms with Crippen LogP contribution in [0.25, 0.3) is 0 Å². The first-order chi connectivity index (χ1) is 6.56. The number of unbranched alkanes of at least 4 members (excludes halogenated alkanes) is 6. The summed E-state index contributed by atoms with van der Waals surface area (Å²) in [5, 5.41) is 0. The van der Waals surface area contributed by atoms with E-state index in [1.807, 2.05) is 0 Å². The summed E-state index contributed by atoms with van der Waals surface area (Å²) in [6.07, 6.45) is 8.50. The number of alkyl halides is 1. The van der Waals surface area contributed by atoms with E-state index in [4.69, 9.17) is 44.8 Å². The van der Waals surface area contributed by atoms with Gasteiger partial charge in [0.1, 0.15) is 0 Å². The van der Waals surface area contributed by atoms with Crippen molar-refractivity contribution in [2.24, 2.45) is 0 Å². The Bertz CT molecular complexity index is 124. The number of rotatable bonds is 9. The molecule has 5 heteroatoms. The third kappa shape index (κ3) is 13.4. The second kappa shape index (κ2) is 9.59. The largest absolute Gasteiger partial charge is 0.341 e. The molecule has 0 aliphatic carbocycles. The summed E-state index contributed by atoms with van der Waals surface area (Å²) >= 11 is 22.9. The van der Waals surface area contributed by atoms with Gasteiger partial charge < -0.3 is 0 Å². The molecule has 0 aliphatic heterocycles. The summed E-state index contributed by atoms with van der Waals surface area (Å²) in [7, 11) is 0. The van der Waals surface area contributed by atoms with Gasteiger partial charge in [-0.1, -0.05) is 38.5 Å². The lowest BCUT2D eigenvalue weighted by Gasteiger charge is -2.06. The van der Waals surface area contributed by atoms with Crippen molar-refractivity contribution in [3.8, 4) is 0 Å². The third-order valence-electron chi connectivity index (χ3n) is 2.09. The van der Waals surface area contributed by atoms with Gasteiger partial charge in [-0.25, -0.2) is 0 Å². The standard InChI is InChI=1S/C9H18Cl4Si/c10-8-6-4-2-1-3-5-7-9-14(11,12)13/h1-9H2. The second-order valence-electron chi connectivity index (χ2n) is 3.53. The molecule has 0 aromatic rings. The summed E-state index contributed by atoms with van der Waals surface area (Å²) in [6.45, 7) is 0. The van der Waals surface area contributed by atoms with E-state index in [2.05, 4.69) is 0 Å². The highest BCUT2D eigenvalue weighted by atomic mass is 35.8. The highest BCUT2D eigenvalue weighted by Crippen LogP contribution is 2.27. The minimum atomic E-state index is -2.34. The lowest BCUT2D eigenvalue weighted by Crippen LogP contribution is -2.07. The van der Waals surface area contributed by atoms with Crippen LogP contribution in [0.5, 0.6) is 0 Å². The minimum Gasteiger partial charge on any atom is -0.127 e. The van der Waals surface area contributed by atoms with Crippen molar-refractivity contribution in [2.45, 2.75) is 51.0 Å². The average Bonchev–Trinajstić information content (AvgIpc) is 2.08. The average molecular weight is 296 g/mol. The Morgan fingerprint density at radius 2 is 1.07 bits per heavy atom. The van der Waals surface area contributed by atoms with Gasteiger partial charge >= 0.3 is 6.00 Å². The lowest BCUT2D eigenvalue weighted by atomic mass is 10.1. The fourth-order valence-electron chi connectivity index (χ4n) is 1.30. The maximum absolute atomic E-state index is 5.77. The predicted octanol–water partition coefficient (Wildman–Crippen LogP) is 5.61. The summed E-state index contributed by atoms with van der Waals surface area (Å²) in [4.78, 5) is 0. The van der Waals surface area contributed by atoms with Crippen LogP contribution >= 0.6 is 44.8 Å².